The largest absolute Gasteiger partial charge is 0.352 e. The van der Waals surface area contributed by atoms with Gasteiger partial charge >= 0.3 is 0 Å². The van der Waals surface area contributed by atoms with Gasteiger partial charge in [-0.25, -0.2) is 0 Å². The monoisotopic (exact) mass is 370 g/mol. The molecule has 0 radical (unpaired) electrons. The highest BCUT2D eigenvalue weighted by Gasteiger charge is 2.13. The number of amides is 2. The Hall–Kier alpha value is -2.27. The second kappa shape index (κ2) is 10.7. The summed E-state index contributed by atoms with van der Waals surface area (Å²) < 4.78 is 0. The molecule has 0 aliphatic rings. The zero-order valence-electron chi connectivity index (χ0n) is 15.3. The number of thioether (sulfide) groups is 1. The molecule has 0 aliphatic heterocycles. The van der Waals surface area contributed by atoms with E-state index in [1.807, 2.05) is 38.1 Å². The van der Waals surface area contributed by atoms with Gasteiger partial charge in [0.2, 0.25) is 5.91 Å². The van der Waals surface area contributed by atoms with Gasteiger partial charge in [-0.2, -0.15) is 11.8 Å². The summed E-state index contributed by atoms with van der Waals surface area (Å²) in [6.45, 7) is 4.69. The van der Waals surface area contributed by atoms with Gasteiger partial charge in [0, 0.05) is 24.5 Å². The molecule has 2 rings (SSSR count). The van der Waals surface area contributed by atoms with Crippen molar-refractivity contribution in [3.05, 3.63) is 65.7 Å². The second-order valence-electron chi connectivity index (χ2n) is 6.49. The highest BCUT2D eigenvalue weighted by Crippen LogP contribution is 2.17. The molecule has 2 amide bonds. The molecule has 0 fully saturated rings. The highest BCUT2D eigenvalue weighted by molar-refractivity contribution is 7.98. The molecule has 0 atom stereocenters. The van der Waals surface area contributed by atoms with E-state index in [1.165, 1.54) is 5.56 Å². The fraction of sp³-hybridized carbons (Fsp3) is 0.333. The summed E-state index contributed by atoms with van der Waals surface area (Å²) in [5.74, 6) is 1.77. The summed E-state index contributed by atoms with van der Waals surface area (Å²) in [7, 11) is 0. The van der Waals surface area contributed by atoms with Crippen LogP contribution in [0.2, 0.25) is 0 Å². The quantitative estimate of drug-likeness (QED) is 0.646. The minimum atomic E-state index is -0.159. The van der Waals surface area contributed by atoms with E-state index in [4.69, 9.17) is 0 Å². The van der Waals surface area contributed by atoms with Crippen LogP contribution in [0.15, 0.2) is 54.6 Å². The lowest BCUT2D eigenvalue weighted by Gasteiger charge is -2.12. The van der Waals surface area contributed by atoms with E-state index in [9.17, 15) is 9.59 Å². The average molecular weight is 371 g/mol. The summed E-state index contributed by atoms with van der Waals surface area (Å²) in [4.78, 5) is 24.5. The zero-order chi connectivity index (χ0) is 18.8. The second-order valence-corrected chi connectivity index (χ2v) is 7.59. The number of carbonyl (C=O) groups excluding carboxylic acids is 2. The Kier molecular flexibility index (Phi) is 8.22. The number of rotatable bonds is 9. The Morgan fingerprint density at radius 1 is 1.00 bits per heavy atom. The fourth-order valence-corrected chi connectivity index (χ4v) is 3.23. The Balaban J connectivity index is 1.82. The van der Waals surface area contributed by atoms with Gasteiger partial charge in [0.1, 0.15) is 0 Å². The molecule has 5 heteroatoms. The van der Waals surface area contributed by atoms with Crippen molar-refractivity contribution in [1.82, 2.24) is 5.32 Å². The molecule has 26 heavy (non-hydrogen) atoms. The fourth-order valence-electron chi connectivity index (χ4n) is 2.32. The van der Waals surface area contributed by atoms with Gasteiger partial charge in [-0.05, 0) is 23.6 Å². The Morgan fingerprint density at radius 3 is 2.42 bits per heavy atom. The molecule has 138 valence electrons. The van der Waals surface area contributed by atoms with Crippen LogP contribution in [0.5, 0.6) is 0 Å². The molecule has 0 heterocycles. The number of benzene rings is 2. The molecule has 0 bridgehead atoms. The van der Waals surface area contributed by atoms with E-state index < -0.39 is 0 Å². The van der Waals surface area contributed by atoms with E-state index in [-0.39, 0.29) is 11.8 Å². The van der Waals surface area contributed by atoms with E-state index in [0.717, 1.165) is 11.5 Å². The van der Waals surface area contributed by atoms with E-state index >= 15 is 0 Å². The first-order valence-corrected chi connectivity index (χ1v) is 10.0. The Morgan fingerprint density at radius 2 is 1.69 bits per heavy atom. The summed E-state index contributed by atoms with van der Waals surface area (Å²) >= 11 is 1.73. The third-order valence-electron chi connectivity index (χ3n) is 3.70. The minimum Gasteiger partial charge on any atom is -0.352 e. The average Bonchev–Trinajstić information content (AvgIpc) is 2.64. The number of nitrogens with one attached hydrogen (secondary N) is 2. The maximum atomic E-state index is 12.3. The molecule has 0 aromatic heterocycles. The lowest BCUT2D eigenvalue weighted by Crippen LogP contribution is -2.28. The third-order valence-corrected chi connectivity index (χ3v) is 4.73. The normalized spacial score (nSPS) is 10.6. The van der Waals surface area contributed by atoms with Crippen LogP contribution >= 0.6 is 11.8 Å². The lowest BCUT2D eigenvalue weighted by atomic mass is 10.1. The summed E-state index contributed by atoms with van der Waals surface area (Å²) in [6.07, 6.45) is 0.416. The van der Waals surface area contributed by atoms with Crippen molar-refractivity contribution in [2.45, 2.75) is 26.0 Å². The van der Waals surface area contributed by atoms with Crippen molar-refractivity contribution in [1.29, 1.82) is 0 Å². The number of hydrogen-bond donors (Lipinski definition) is 2. The van der Waals surface area contributed by atoms with Crippen LogP contribution in [0.4, 0.5) is 5.69 Å². The van der Waals surface area contributed by atoms with Gasteiger partial charge in [-0.1, -0.05) is 56.3 Å². The van der Waals surface area contributed by atoms with Gasteiger partial charge in [-0.15, -0.1) is 0 Å². The third kappa shape index (κ3) is 6.92. The first-order valence-electron chi connectivity index (χ1n) is 8.85. The smallest absolute Gasteiger partial charge is 0.253 e. The number of carbonyl (C=O) groups is 2. The highest BCUT2D eigenvalue weighted by atomic mass is 32.2. The van der Waals surface area contributed by atoms with Crippen LogP contribution in [0.1, 0.15) is 36.2 Å². The Bertz CT molecular complexity index is 717. The van der Waals surface area contributed by atoms with Crippen molar-refractivity contribution in [3.8, 4) is 0 Å². The number of anilines is 1. The molecule has 0 aliphatic carbocycles. The molecular formula is C21H26N2O2S. The molecule has 2 N–H and O–H groups in total. The predicted molar refractivity (Wildman–Crippen MR) is 109 cm³/mol. The molecular weight excluding hydrogens is 344 g/mol. The van der Waals surface area contributed by atoms with Crippen molar-refractivity contribution in [3.63, 3.8) is 0 Å². The van der Waals surface area contributed by atoms with Gasteiger partial charge in [0.25, 0.3) is 5.91 Å². The van der Waals surface area contributed by atoms with Crippen LogP contribution in [0.3, 0.4) is 0 Å². The number of para-hydroxylation sites is 1. The van der Waals surface area contributed by atoms with Crippen LogP contribution in [0.25, 0.3) is 0 Å². The predicted octanol–water partition coefficient (Wildman–Crippen LogP) is 4.33. The maximum absolute atomic E-state index is 12.3. The van der Waals surface area contributed by atoms with Gasteiger partial charge in [0.05, 0.1) is 11.3 Å². The molecule has 0 spiro atoms. The molecule has 0 saturated carbocycles. The molecule has 2 aromatic rings. The molecule has 0 unspecified atom stereocenters. The van der Waals surface area contributed by atoms with Crippen LogP contribution in [-0.4, -0.2) is 24.1 Å². The lowest BCUT2D eigenvalue weighted by molar-refractivity contribution is -0.115. The van der Waals surface area contributed by atoms with Crippen LogP contribution in [0, 0.1) is 5.92 Å². The van der Waals surface area contributed by atoms with Crippen molar-refractivity contribution in [2.24, 2.45) is 5.92 Å². The van der Waals surface area contributed by atoms with Crippen molar-refractivity contribution < 1.29 is 9.59 Å². The molecule has 0 saturated heterocycles. The van der Waals surface area contributed by atoms with Gasteiger partial charge in [0.15, 0.2) is 0 Å². The molecule has 4 nitrogen and oxygen atoms in total. The maximum Gasteiger partial charge on any atom is 0.253 e. The van der Waals surface area contributed by atoms with Gasteiger partial charge in [-0.3, -0.25) is 9.59 Å². The topological polar surface area (TPSA) is 58.2 Å². The summed E-state index contributed by atoms with van der Waals surface area (Å²) in [5.41, 5.74) is 2.32. The number of hydrogen-bond acceptors (Lipinski definition) is 3. The molecule has 2 aromatic carbocycles. The summed E-state index contributed by atoms with van der Waals surface area (Å²) in [5, 5.41) is 5.75. The van der Waals surface area contributed by atoms with Crippen LogP contribution in [-0.2, 0) is 10.5 Å². The van der Waals surface area contributed by atoms with Crippen molar-refractivity contribution in [2.75, 3.05) is 17.6 Å². The van der Waals surface area contributed by atoms with Crippen molar-refractivity contribution >= 4 is 29.3 Å². The van der Waals surface area contributed by atoms with Gasteiger partial charge < -0.3 is 10.6 Å². The zero-order valence-corrected chi connectivity index (χ0v) is 16.1. The first kappa shape index (κ1) is 20.0. The van der Waals surface area contributed by atoms with Crippen LogP contribution < -0.4 is 10.6 Å². The SMILES string of the molecule is CC(C)CNC(=O)c1ccccc1NC(=O)CCSCc1ccccc1. The standard InChI is InChI=1S/C21H26N2O2S/c1-16(2)14-22-21(25)18-10-6-7-11-19(18)23-20(24)12-13-26-15-17-8-4-3-5-9-17/h3-11,16H,12-15H2,1-2H3,(H,22,25)(H,23,24). The minimum absolute atomic E-state index is 0.0744. The summed E-state index contributed by atoms with van der Waals surface area (Å²) in [6, 6.07) is 17.3. The Labute approximate surface area is 159 Å². The van der Waals surface area contributed by atoms with E-state index in [1.54, 1.807) is 30.0 Å². The first-order chi connectivity index (χ1) is 12.6. The van der Waals surface area contributed by atoms with E-state index in [0.29, 0.717) is 30.1 Å². The van der Waals surface area contributed by atoms with E-state index in [2.05, 4.69) is 22.8 Å².